The number of benzene rings is 1. The quantitative estimate of drug-likeness (QED) is 0.743. The molecule has 7 nitrogen and oxygen atoms in total. The van der Waals surface area contributed by atoms with E-state index in [-0.39, 0.29) is 17.2 Å². The highest BCUT2D eigenvalue weighted by Crippen LogP contribution is 2.33. The summed E-state index contributed by atoms with van der Waals surface area (Å²) >= 11 is 1.31. The van der Waals surface area contributed by atoms with Crippen LogP contribution in [0.15, 0.2) is 35.1 Å². The van der Waals surface area contributed by atoms with Crippen molar-refractivity contribution in [1.29, 1.82) is 0 Å². The minimum absolute atomic E-state index is 0.205. The Morgan fingerprint density at radius 2 is 1.88 bits per heavy atom. The molecule has 3 heterocycles. The highest BCUT2D eigenvalue weighted by Gasteiger charge is 2.27. The zero-order valence-electron chi connectivity index (χ0n) is 14.3. The van der Waals surface area contributed by atoms with Crippen LogP contribution >= 0.6 is 11.3 Å². The van der Waals surface area contributed by atoms with E-state index in [4.69, 9.17) is 10.5 Å². The van der Waals surface area contributed by atoms with Crippen molar-refractivity contribution in [3.8, 4) is 5.69 Å². The fraction of sp³-hybridized carbons (Fsp3) is 0.278. The third-order valence-electron chi connectivity index (χ3n) is 4.46. The number of fused-ring (bicyclic) bond motifs is 1. The number of para-hydroxylation sites is 1. The van der Waals surface area contributed by atoms with Crippen LogP contribution in [0.3, 0.4) is 0 Å². The maximum atomic E-state index is 13.1. The summed E-state index contributed by atoms with van der Waals surface area (Å²) in [5.41, 5.74) is 6.65. The number of anilines is 1. The van der Waals surface area contributed by atoms with Gasteiger partial charge in [-0.25, -0.2) is 0 Å². The molecule has 0 radical (unpaired) electrons. The normalized spacial score (nSPS) is 14.7. The highest BCUT2D eigenvalue weighted by molar-refractivity contribution is 7.17. The number of hydrogen-bond donors (Lipinski definition) is 1. The van der Waals surface area contributed by atoms with Crippen molar-refractivity contribution >= 4 is 33.0 Å². The van der Waals surface area contributed by atoms with Gasteiger partial charge in [0.15, 0.2) is 5.69 Å². The Bertz CT molecular complexity index is 1040. The molecule has 0 bridgehead atoms. The number of ether oxygens (including phenoxy) is 1. The van der Waals surface area contributed by atoms with E-state index in [1.54, 1.807) is 17.0 Å². The summed E-state index contributed by atoms with van der Waals surface area (Å²) in [6.45, 7) is 3.86. The lowest BCUT2D eigenvalue weighted by Crippen LogP contribution is -2.41. The van der Waals surface area contributed by atoms with Gasteiger partial charge >= 0.3 is 0 Å². The van der Waals surface area contributed by atoms with Gasteiger partial charge in [0.2, 0.25) is 0 Å². The zero-order chi connectivity index (χ0) is 18.3. The maximum absolute atomic E-state index is 13.1. The summed E-state index contributed by atoms with van der Waals surface area (Å²) in [6, 6.07) is 9.05. The van der Waals surface area contributed by atoms with E-state index in [2.05, 4.69) is 5.10 Å². The maximum Gasteiger partial charge on any atom is 0.282 e. The first-order valence-corrected chi connectivity index (χ1v) is 9.14. The molecule has 2 aromatic heterocycles. The standard InChI is InChI=1S/C18H18N4O3S/c1-11-13-14(16(19)26-11)17(23)22(12-5-3-2-4-6-12)20-15(13)18(24)21-7-9-25-10-8-21/h2-6H,7-10,19H2,1H3. The summed E-state index contributed by atoms with van der Waals surface area (Å²) in [7, 11) is 0. The second-order valence-electron chi connectivity index (χ2n) is 6.08. The van der Waals surface area contributed by atoms with Gasteiger partial charge in [-0.1, -0.05) is 18.2 Å². The van der Waals surface area contributed by atoms with Crippen molar-refractivity contribution in [3.63, 3.8) is 0 Å². The van der Waals surface area contributed by atoms with Crippen molar-refractivity contribution in [2.45, 2.75) is 6.92 Å². The first-order valence-electron chi connectivity index (χ1n) is 8.32. The molecule has 26 heavy (non-hydrogen) atoms. The summed E-state index contributed by atoms with van der Waals surface area (Å²) in [5, 5.41) is 5.77. The molecule has 1 aliphatic heterocycles. The van der Waals surface area contributed by atoms with Crippen LogP contribution in [0, 0.1) is 6.92 Å². The molecular formula is C18H18N4O3S. The molecular weight excluding hydrogens is 352 g/mol. The average Bonchev–Trinajstić information content (AvgIpc) is 2.98. The molecule has 4 rings (SSSR count). The molecule has 8 heteroatoms. The number of aryl methyl sites for hydroxylation is 1. The van der Waals surface area contributed by atoms with E-state index in [1.165, 1.54) is 16.0 Å². The molecule has 2 N–H and O–H groups in total. The number of nitrogen functional groups attached to an aromatic ring is 1. The number of nitrogens with two attached hydrogens (primary N) is 1. The zero-order valence-corrected chi connectivity index (χ0v) is 15.1. The molecule has 1 aromatic carbocycles. The Hall–Kier alpha value is -2.71. The molecule has 0 aliphatic carbocycles. The third-order valence-corrected chi connectivity index (χ3v) is 5.39. The van der Waals surface area contributed by atoms with Gasteiger partial charge in [-0.2, -0.15) is 9.78 Å². The summed E-state index contributed by atoms with van der Waals surface area (Å²) in [5.74, 6) is -0.205. The molecule has 0 atom stereocenters. The van der Waals surface area contributed by atoms with E-state index in [1.807, 2.05) is 25.1 Å². The summed E-state index contributed by atoms with van der Waals surface area (Å²) in [6.07, 6.45) is 0. The molecule has 1 aliphatic rings. The Morgan fingerprint density at radius 3 is 2.58 bits per heavy atom. The van der Waals surface area contributed by atoms with Crippen molar-refractivity contribution in [2.24, 2.45) is 0 Å². The van der Waals surface area contributed by atoms with E-state index in [9.17, 15) is 9.59 Å². The van der Waals surface area contributed by atoms with Crippen LogP contribution in [0.4, 0.5) is 5.00 Å². The van der Waals surface area contributed by atoms with Gasteiger partial charge in [-0.15, -0.1) is 11.3 Å². The molecule has 1 saturated heterocycles. The van der Waals surface area contributed by atoms with Gasteiger partial charge < -0.3 is 15.4 Å². The second-order valence-corrected chi connectivity index (χ2v) is 7.33. The number of hydrogen-bond acceptors (Lipinski definition) is 6. The van der Waals surface area contributed by atoms with Gasteiger partial charge in [0.05, 0.1) is 29.3 Å². The van der Waals surface area contributed by atoms with Crippen molar-refractivity contribution in [1.82, 2.24) is 14.7 Å². The molecule has 1 amide bonds. The third kappa shape index (κ3) is 2.67. The number of thiophene rings is 1. The average molecular weight is 370 g/mol. The lowest BCUT2D eigenvalue weighted by Gasteiger charge is -2.26. The van der Waals surface area contributed by atoms with Crippen molar-refractivity contribution in [2.75, 3.05) is 32.0 Å². The smallest absolute Gasteiger partial charge is 0.282 e. The molecule has 3 aromatic rings. The van der Waals surface area contributed by atoms with Crippen LogP contribution in [0.2, 0.25) is 0 Å². The Labute approximate surface area is 153 Å². The highest BCUT2D eigenvalue weighted by atomic mass is 32.1. The van der Waals surface area contributed by atoms with Crippen LogP contribution < -0.4 is 11.3 Å². The predicted molar refractivity (Wildman–Crippen MR) is 101 cm³/mol. The van der Waals surface area contributed by atoms with Gasteiger partial charge in [-0.05, 0) is 19.1 Å². The number of carbonyl (C=O) groups excluding carboxylic acids is 1. The SMILES string of the molecule is Cc1sc(N)c2c(=O)n(-c3ccccc3)nc(C(=O)N3CCOCC3)c12. The Morgan fingerprint density at radius 1 is 1.19 bits per heavy atom. The molecule has 0 spiro atoms. The summed E-state index contributed by atoms with van der Waals surface area (Å²) < 4.78 is 6.59. The Kier molecular flexibility index (Phi) is 4.21. The molecule has 0 unspecified atom stereocenters. The topological polar surface area (TPSA) is 90.5 Å². The molecule has 1 fully saturated rings. The predicted octanol–water partition coefficient (Wildman–Crippen LogP) is 1.81. The molecule has 0 saturated carbocycles. The van der Waals surface area contributed by atoms with Crippen molar-refractivity contribution < 1.29 is 9.53 Å². The van der Waals surface area contributed by atoms with Gasteiger partial charge in [0.1, 0.15) is 0 Å². The fourth-order valence-electron chi connectivity index (χ4n) is 3.18. The first-order chi connectivity index (χ1) is 12.6. The van der Waals surface area contributed by atoms with E-state index in [0.29, 0.717) is 47.8 Å². The largest absolute Gasteiger partial charge is 0.390 e. The number of carbonyl (C=O) groups is 1. The van der Waals surface area contributed by atoms with Crippen LogP contribution in [0.1, 0.15) is 15.4 Å². The number of aromatic nitrogens is 2. The van der Waals surface area contributed by atoms with Crippen LogP contribution in [-0.2, 0) is 4.74 Å². The second kappa shape index (κ2) is 6.54. The van der Waals surface area contributed by atoms with E-state index < -0.39 is 0 Å². The van der Waals surface area contributed by atoms with Crippen molar-refractivity contribution in [3.05, 3.63) is 51.3 Å². The van der Waals surface area contributed by atoms with Crippen LogP contribution in [0.25, 0.3) is 16.5 Å². The number of rotatable bonds is 2. The lowest BCUT2D eigenvalue weighted by molar-refractivity contribution is 0.0299. The number of nitrogens with zero attached hydrogens (tertiary/aromatic N) is 3. The van der Waals surface area contributed by atoms with Crippen LogP contribution in [0.5, 0.6) is 0 Å². The lowest BCUT2D eigenvalue weighted by atomic mass is 10.1. The first kappa shape index (κ1) is 16.7. The fourth-order valence-corrected chi connectivity index (χ4v) is 4.10. The van der Waals surface area contributed by atoms with Gasteiger partial charge in [0, 0.05) is 23.4 Å². The monoisotopic (exact) mass is 370 g/mol. The van der Waals surface area contributed by atoms with E-state index >= 15 is 0 Å². The van der Waals surface area contributed by atoms with Gasteiger partial charge in [-0.3, -0.25) is 9.59 Å². The minimum Gasteiger partial charge on any atom is -0.390 e. The summed E-state index contributed by atoms with van der Waals surface area (Å²) in [4.78, 5) is 28.6. The number of amides is 1. The number of morpholine rings is 1. The van der Waals surface area contributed by atoms with E-state index in [0.717, 1.165) is 4.88 Å². The molecule has 134 valence electrons. The van der Waals surface area contributed by atoms with Gasteiger partial charge in [0.25, 0.3) is 11.5 Å². The minimum atomic E-state index is -0.313. The van der Waals surface area contributed by atoms with Crippen LogP contribution in [-0.4, -0.2) is 46.9 Å². The Balaban J connectivity index is 1.98.